The van der Waals surface area contributed by atoms with E-state index in [2.05, 4.69) is 31.2 Å². The van der Waals surface area contributed by atoms with Gasteiger partial charge in [0.1, 0.15) is 5.52 Å². The number of halogens is 1. The van der Waals surface area contributed by atoms with Gasteiger partial charge in [0, 0.05) is 29.0 Å². The minimum atomic E-state index is 0.240. The maximum absolute atomic E-state index is 6.09. The predicted molar refractivity (Wildman–Crippen MR) is 76.5 cm³/mol. The largest absolute Gasteiger partial charge is 0.379 e. The van der Waals surface area contributed by atoms with Crippen molar-refractivity contribution < 1.29 is 0 Å². The van der Waals surface area contributed by atoms with Gasteiger partial charge in [-0.25, -0.2) is 0 Å². The normalized spacial score (nSPS) is 23.4. The van der Waals surface area contributed by atoms with Crippen molar-refractivity contribution in [3.8, 4) is 0 Å². The van der Waals surface area contributed by atoms with Gasteiger partial charge >= 0.3 is 0 Å². The average Bonchev–Trinajstić information content (AvgIpc) is 2.75. The van der Waals surface area contributed by atoms with Crippen LogP contribution in [0.2, 0.25) is 0 Å². The highest BCUT2D eigenvalue weighted by Gasteiger charge is 2.24. The number of nitrogens with zero attached hydrogens (tertiary/aromatic N) is 2. The zero-order chi connectivity index (χ0) is 12.5. The summed E-state index contributed by atoms with van der Waals surface area (Å²) >= 11 is 3.41. The van der Waals surface area contributed by atoms with Crippen molar-refractivity contribution in [2.75, 3.05) is 5.32 Å². The Morgan fingerprint density at radius 3 is 3.00 bits per heavy atom. The predicted octanol–water partition coefficient (Wildman–Crippen LogP) is 2.68. The molecule has 2 aromatic rings. The summed E-state index contributed by atoms with van der Waals surface area (Å²) < 4.78 is 0.942. The van der Waals surface area contributed by atoms with Gasteiger partial charge in [0.05, 0.1) is 11.2 Å². The molecular formula is C13H15BrN4. The molecule has 2 unspecified atom stereocenters. The zero-order valence-electron chi connectivity index (χ0n) is 9.94. The molecule has 1 saturated carbocycles. The first-order chi connectivity index (χ1) is 8.74. The second-order valence-corrected chi connectivity index (χ2v) is 5.64. The molecule has 0 aromatic carbocycles. The molecule has 0 aliphatic heterocycles. The lowest BCUT2D eigenvalue weighted by atomic mass is 10.1. The van der Waals surface area contributed by atoms with Crippen LogP contribution in [0.5, 0.6) is 0 Å². The molecule has 1 aliphatic carbocycles. The highest BCUT2D eigenvalue weighted by Crippen LogP contribution is 2.26. The van der Waals surface area contributed by atoms with Crippen LogP contribution in [0, 0.1) is 0 Å². The Kier molecular flexibility index (Phi) is 3.18. The van der Waals surface area contributed by atoms with Gasteiger partial charge in [-0.05, 0) is 47.3 Å². The highest BCUT2D eigenvalue weighted by atomic mass is 79.9. The van der Waals surface area contributed by atoms with Crippen molar-refractivity contribution in [3.05, 3.63) is 29.0 Å². The number of hydrogen-bond acceptors (Lipinski definition) is 4. The van der Waals surface area contributed by atoms with Crippen LogP contribution in [-0.4, -0.2) is 22.1 Å². The lowest BCUT2D eigenvalue weighted by Crippen LogP contribution is -2.35. The van der Waals surface area contributed by atoms with Crippen molar-refractivity contribution in [1.29, 1.82) is 0 Å². The summed E-state index contributed by atoms with van der Waals surface area (Å²) in [4.78, 5) is 8.77. The number of rotatable bonds is 2. The minimum Gasteiger partial charge on any atom is -0.379 e. The molecule has 2 atom stereocenters. The Morgan fingerprint density at radius 2 is 2.22 bits per heavy atom. The fourth-order valence-corrected chi connectivity index (χ4v) is 2.81. The summed E-state index contributed by atoms with van der Waals surface area (Å²) in [5.74, 6) is 0. The van der Waals surface area contributed by atoms with E-state index in [0.717, 1.165) is 34.0 Å². The van der Waals surface area contributed by atoms with E-state index in [1.165, 1.54) is 6.42 Å². The van der Waals surface area contributed by atoms with E-state index in [1.807, 2.05) is 12.1 Å². The minimum absolute atomic E-state index is 0.240. The van der Waals surface area contributed by atoms with Crippen molar-refractivity contribution >= 4 is 32.7 Å². The summed E-state index contributed by atoms with van der Waals surface area (Å²) in [6.45, 7) is 0. The molecule has 3 rings (SSSR count). The maximum atomic E-state index is 6.09. The Hall–Kier alpha value is -1.20. The molecule has 1 fully saturated rings. The fraction of sp³-hybridized carbons (Fsp3) is 0.385. The molecular weight excluding hydrogens is 292 g/mol. The van der Waals surface area contributed by atoms with E-state index in [1.54, 1.807) is 12.4 Å². The SMILES string of the molecule is NC1CCCC1Nc1ccnc2cc(Br)cnc12. The van der Waals surface area contributed by atoms with Crippen molar-refractivity contribution in [2.24, 2.45) is 5.73 Å². The molecule has 3 N–H and O–H groups in total. The molecule has 2 aromatic heterocycles. The zero-order valence-corrected chi connectivity index (χ0v) is 11.5. The Labute approximate surface area is 114 Å². The molecule has 18 heavy (non-hydrogen) atoms. The van der Waals surface area contributed by atoms with Crippen molar-refractivity contribution in [3.63, 3.8) is 0 Å². The molecule has 0 bridgehead atoms. The van der Waals surface area contributed by atoms with Gasteiger partial charge in [0.15, 0.2) is 0 Å². The fourth-order valence-electron chi connectivity index (χ4n) is 2.49. The molecule has 4 nitrogen and oxygen atoms in total. The van der Waals surface area contributed by atoms with E-state index >= 15 is 0 Å². The first-order valence-corrected chi connectivity index (χ1v) is 6.96. The summed E-state index contributed by atoms with van der Waals surface area (Å²) in [6, 6.07) is 4.53. The van der Waals surface area contributed by atoms with Gasteiger partial charge in [-0.3, -0.25) is 9.97 Å². The number of hydrogen-bond donors (Lipinski definition) is 2. The number of nitrogens with one attached hydrogen (secondary N) is 1. The lowest BCUT2D eigenvalue weighted by Gasteiger charge is -2.19. The van der Waals surface area contributed by atoms with Gasteiger partial charge in [-0.1, -0.05) is 0 Å². The van der Waals surface area contributed by atoms with Crippen LogP contribution in [0.1, 0.15) is 19.3 Å². The van der Waals surface area contributed by atoms with Gasteiger partial charge in [-0.2, -0.15) is 0 Å². The molecule has 5 heteroatoms. The number of aromatic nitrogens is 2. The van der Waals surface area contributed by atoms with Crippen molar-refractivity contribution in [2.45, 2.75) is 31.3 Å². The quantitative estimate of drug-likeness (QED) is 0.895. The third-order valence-corrected chi connectivity index (χ3v) is 3.89. The Balaban J connectivity index is 1.96. The molecule has 0 amide bonds. The number of anilines is 1. The van der Waals surface area contributed by atoms with Crippen LogP contribution >= 0.6 is 15.9 Å². The summed E-state index contributed by atoms with van der Waals surface area (Å²) in [6.07, 6.45) is 7.02. The average molecular weight is 307 g/mol. The first kappa shape index (κ1) is 11.9. The smallest absolute Gasteiger partial charge is 0.112 e. The van der Waals surface area contributed by atoms with Gasteiger partial charge in [-0.15, -0.1) is 0 Å². The second-order valence-electron chi connectivity index (χ2n) is 4.73. The maximum Gasteiger partial charge on any atom is 0.112 e. The van der Waals surface area contributed by atoms with Crippen LogP contribution in [0.3, 0.4) is 0 Å². The van der Waals surface area contributed by atoms with Gasteiger partial charge in [0.25, 0.3) is 0 Å². The standard InChI is InChI=1S/C13H15BrN4/c14-8-6-12-13(17-7-8)11(4-5-16-12)18-10-3-1-2-9(10)15/h4-7,9-10H,1-3,15H2,(H,16,18). The van der Waals surface area contributed by atoms with E-state index in [-0.39, 0.29) is 6.04 Å². The number of fused-ring (bicyclic) bond motifs is 1. The molecule has 1 aliphatic rings. The second kappa shape index (κ2) is 4.82. The highest BCUT2D eigenvalue weighted by molar-refractivity contribution is 9.10. The topological polar surface area (TPSA) is 63.8 Å². The summed E-state index contributed by atoms with van der Waals surface area (Å²) in [5.41, 5.74) is 8.90. The number of nitrogens with two attached hydrogens (primary N) is 1. The number of pyridine rings is 2. The Morgan fingerprint density at radius 1 is 1.33 bits per heavy atom. The Bertz CT molecular complexity index is 572. The van der Waals surface area contributed by atoms with Crippen LogP contribution in [-0.2, 0) is 0 Å². The van der Waals surface area contributed by atoms with E-state index in [0.29, 0.717) is 6.04 Å². The van der Waals surface area contributed by atoms with E-state index in [9.17, 15) is 0 Å². The van der Waals surface area contributed by atoms with Gasteiger partial charge in [0.2, 0.25) is 0 Å². The molecule has 2 heterocycles. The van der Waals surface area contributed by atoms with Crippen molar-refractivity contribution in [1.82, 2.24) is 9.97 Å². The van der Waals surface area contributed by atoms with Crippen LogP contribution in [0.4, 0.5) is 5.69 Å². The molecule has 0 saturated heterocycles. The third-order valence-electron chi connectivity index (χ3n) is 3.45. The summed E-state index contributed by atoms with van der Waals surface area (Å²) in [5, 5.41) is 3.51. The molecule has 0 radical (unpaired) electrons. The van der Waals surface area contributed by atoms with Crippen LogP contribution in [0.15, 0.2) is 29.0 Å². The summed E-state index contributed by atoms with van der Waals surface area (Å²) in [7, 11) is 0. The van der Waals surface area contributed by atoms with E-state index in [4.69, 9.17) is 5.73 Å². The monoisotopic (exact) mass is 306 g/mol. The molecule has 94 valence electrons. The first-order valence-electron chi connectivity index (χ1n) is 6.16. The van der Waals surface area contributed by atoms with Gasteiger partial charge < -0.3 is 11.1 Å². The van der Waals surface area contributed by atoms with Crippen LogP contribution in [0.25, 0.3) is 11.0 Å². The van der Waals surface area contributed by atoms with Crippen LogP contribution < -0.4 is 11.1 Å². The lowest BCUT2D eigenvalue weighted by molar-refractivity contribution is 0.638. The van der Waals surface area contributed by atoms with E-state index < -0.39 is 0 Å². The molecule has 0 spiro atoms. The third kappa shape index (κ3) is 2.20.